The molecule has 0 amide bonds. The fourth-order valence-corrected chi connectivity index (χ4v) is 2.95. The minimum atomic E-state index is -0.995. The summed E-state index contributed by atoms with van der Waals surface area (Å²) in [6.45, 7) is 3.49. The first kappa shape index (κ1) is 26.6. The summed E-state index contributed by atoms with van der Waals surface area (Å²) in [7, 11) is 1.80. The molecule has 0 aliphatic heterocycles. The van der Waals surface area contributed by atoms with Gasteiger partial charge in [-0.05, 0) is 24.1 Å². The number of hydrogen-bond acceptors (Lipinski definition) is 8. The first-order valence-corrected chi connectivity index (χ1v) is 9.78. The van der Waals surface area contributed by atoms with Gasteiger partial charge in [0.2, 0.25) is 0 Å². The third kappa shape index (κ3) is 7.38. The van der Waals surface area contributed by atoms with Crippen molar-refractivity contribution in [3.63, 3.8) is 0 Å². The monoisotopic (exact) mass is 448 g/mol. The van der Waals surface area contributed by atoms with Gasteiger partial charge in [-0.1, -0.05) is 38.1 Å². The standard InChI is InChI=1S/C11H16N2O3.C10H12N2O4/c1-8(7-14)11(12-2)9-3-5-10(6-4-9)13(15)16;1-6(10(13)14)9(11)7-2-4-8(5-3-7)12(15)16/h3-6,8,11-12,14H,7H2,1-2H3;2-6,9H,11H2,1H3,(H,13,14)/t8-,11+;6-,9-/m10/s1. The molecule has 32 heavy (non-hydrogen) atoms. The number of nitro benzene ring substituents is 2. The molecule has 2 rings (SSSR count). The average Bonchev–Trinajstić information content (AvgIpc) is 2.79. The second kappa shape index (κ2) is 12.4. The van der Waals surface area contributed by atoms with Gasteiger partial charge < -0.3 is 21.3 Å². The molecule has 0 fully saturated rings. The van der Waals surface area contributed by atoms with Gasteiger partial charge in [-0.15, -0.1) is 0 Å². The number of nitro groups is 2. The Balaban J connectivity index is 0.000000320. The lowest BCUT2D eigenvalue weighted by Gasteiger charge is -2.22. The lowest BCUT2D eigenvalue weighted by molar-refractivity contribution is -0.385. The van der Waals surface area contributed by atoms with E-state index in [-0.39, 0.29) is 29.9 Å². The van der Waals surface area contributed by atoms with Gasteiger partial charge in [-0.2, -0.15) is 0 Å². The van der Waals surface area contributed by atoms with Crippen LogP contribution in [0, 0.1) is 32.1 Å². The normalized spacial score (nSPS) is 14.3. The SMILES string of the molecule is CN[C@H](c1ccc([N+](=O)[O-])cc1)[C@H](C)CO.C[C@H](C(=O)O)[C@H](N)c1ccc([N+](=O)[O-])cc1. The van der Waals surface area contributed by atoms with Crippen molar-refractivity contribution in [1.82, 2.24) is 5.32 Å². The molecule has 11 heteroatoms. The van der Waals surface area contributed by atoms with E-state index >= 15 is 0 Å². The molecule has 0 spiro atoms. The Morgan fingerprint density at radius 1 is 0.969 bits per heavy atom. The van der Waals surface area contributed by atoms with Crippen molar-refractivity contribution in [3.05, 3.63) is 79.9 Å². The molecular weight excluding hydrogens is 420 g/mol. The molecule has 0 aliphatic rings. The van der Waals surface area contributed by atoms with Crippen LogP contribution in [0.2, 0.25) is 0 Å². The lowest BCUT2D eigenvalue weighted by atomic mass is 9.95. The summed E-state index contributed by atoms with van der Waals surface area (Å²) in [5.41, 5.74) is 7.26. The Labute approximate surface area is 185 Å². The smallest absolute Gasteiger partial charge is 0.308 e. The molecule has 0 heterocycles. The number of non-ortho nitro benzene ring substituents is 2. The minimum absolute atomic E-state index is 0.00537. The molecule has 0 aromatic heterocycles. The largest absolute Gasteiger partial charge is 0.481 e. The second-order valence-electron chi connectivity index (χ2n) is 7.28. The molecule has 11 nitrogen and oxygen atoms in total. The first-order valence-electron chi connectivity index (χ1n) is 9.78. The van der Waals surface area contributed by atoms with Crippen LogP contribution in [0.4, 0.5) is 11.4 Å². The first-order chi connectivity index (χ1) is 15.0. The van der Waals surface area contributed by atoms with E-state index in [2.05, 4.69) is 5.32 Å². The van der Waals surface area contributed by atoms with Crippen molar-refractivity contribution in [1.29, 1.82) is 0 Å². The van der Waals surface area contributed by atoms with E-state index in [4.69, 9.17) is 15.9 Å². The summed E-state index contributed by atoms with van der Waals surface area (Å²) in [5.74, 6) is -1.67. The number of hydrogen-bond donors (Lipinski definition) is 4. The highest BCUT2D eigenvalue weighted by Crippen LogP contribution is 2.24. The number of nitrogens with zero attached hydrogens (tertiary/aromatic N) is 2. The van der Waals surface area contributed by atoms with Crippen LogP contribution in [0.5, 0.6) is 0 Å². The van der Waals surface area contributed by atoms with Crippen LogP contribution in [0.1, 0.15) is 37.1 Å². The minimum Gasteiger partial charge on any atom is -0.481 e. The maximum Gasteiger partial charge on any atom is 0.308 e. The fraction of sp³-hybridized carbons (Fsp3) is 0.381. The quantitative estimate of drug-likeness (QED) is 0.331. The molecular formula is C21H28N4O7. The van der Waals surface area contributed by atoms with E-state index in [9.17, 15) is 25.0 Å². The number of nitrogens with one attached hydrogen (secondary N) is 1. The van der Waals surface area contributed by atoms with E-state index in [0.29, 0.717) is 5.56 Å². The Morgan fingerprint density at radius 2 is 1.38 bits per heavy atom. The number of benzene rings is 2. The Kier molecular flexibility index (Phi) is 10.4. The molecule has 0 bridgehead atoms. The summed E-state index contributed by atoms with van der Waals surface area (Å²) < 4.78 is 0. The number of aliphatic carboxylic acids is 1. The third-order valence-electron chi connectivity index (χ3n) is 5.05. The van der Waals surface area contributed by atoms with Gasteiger partial charge in [0.15, 0.2) is 0 Å². The second-order valence-corrected chi connectivity index (χ2v) is 7.28. The fourth-order valence-electron chi connectivity index (χ4n) is 2.95. The summed E-state index contributed by atoms with van der Waals surface area (Å²) in [5, 5.41) is 41.8. The molecule has 2 aromatic rings. The highest BCUT2D eigenvalue weighted by molar-refractivity contribution is 5.70. The Morgan fingerprint density at radius 3 is 1.69 bits per heavy atom. The van der Waals surface area contributed by atoms with Crippen LogP contribution >= 0.6 is 0 Å². The van der Waals surface area contributed by atoms with Crippen LogP contribution in [-0.2, 0) is 4.79 Å². The maximum absolute atomic E-state index is 10.7. The molecule has 0 saturated heterocycles. The molecule has 0 unspecified atom stereocenters. The van der Waals surface area contributed by atoms with Crippen molar-refractivity contribution in [2.24, 2.45) is 17.6 Å². The van der Waals surface area contributed by atoms with Gasteiger partial charge in [0.05, 0.1) is 15.8 Å². The molecule has 5 N–H and O–H groups in total. The van der Waals surface area contributed by atoms with Gasteiger partial charge >= 0.3 is 5.97 Å². The Bertz CT molecular complexity index is 903. The predicted molar refractivity (Wildman–Crippen MR) is 118 cm³/mol. The summed E-state index contributed by atoms with van der Waals surface area (Å²) in [6.07, 6.45) is 0. The maximum atomic E-state index is 10.7. The topological polar surface area (TPSA) is 182 Å². The molecule has 2 aromatic carbocycles. The average molecular weight is 448 g/mol. The number of carboxylic acids is 1. The zero-order valence-electron chi connectivity index (χ0n) is 18.0. The zero-order chi connectivity index (χ0) is 24.4. The van der Waals surface area contributed by atoms with E-state index in [1.807, 2.05) is 6.92 Å². The highest BCUT2D eigenvalue weighted by atomic mass is 16.6. The van der Waals surface area contributed by atoms with E-state index in [0.717, 1.165) is 5.56 Å². The number of carbonyl (C=O) groups is 1. The summed E-state index contributed by atoms with van der Waals surface area (Å²) in [6, 6.07) is 11.3. The van der Waals surface area contributed by atoms with Crippen molar-refractivity contribution in [2.75, 3.05) is 13.7 Å². The van der Waals surface area contributed by atoms with Crippen LogP contribution in [0.3, 0.4) is 0 Å². The van der Waals surface area contributed by atoms with Gasteiger partial charge in [0.1, 0.15) is 0 Å². The van der Waals surface area contributed by atoms with Gasteiger partial charge in [0.25, 0.3) is 11.4 Å². The van der Waals surface area contributed by atoms with Crippen LogP contribution < -0.4 is 11.1 Å². The van der Waals surface area contributed by atoms with Gasteiger partial charge in [-0.25, -0.2) is 0 Å². The molecule has 0 aliphatic carbocycles. The van der Waals surface area contributed by atoms with Crippen LogP contribution in [0.25, 0.3) is 0 Å². The summed E-state index contributed by atoms with van der Waals surface area (Å²) in [4.78, 5) is 30.7. The van der Waals surface area contributed by atoms with Crippen molar-refractivity contribution < 1.29 is 24.9 Å². The highest BCUT2D eigenvalue weighted by Gasteiger charge is 2.22. The molecule has 0 radical (unpaired) electrons. The number of carboxylic acid groups (broad SMARTS) is 1. The van der Waals surface area contributed by atoms with Crippen molar-refractivity contribution >= 4 is 17.3 Å². The number of aliphatic hydroxyl groups excluding tert-OH is 1. The van der Waals surface area contributed by atoms with E-state index in [1.54, 1.807) is 19.2 Å². The van der Waals surface area contributed by atoms with E-state index in [1.165, 1.54) is 43.3 Å². The van der Waals surface area contributed by atoms with Crippen molar-refractivity contribution in [2.45, 2.75) is 25.9 Å². The van der Waals surface area contributed by atoms with Crippen LogP contribution in [0.15, 0.2) is 48.5 Å². The van der Waals surface area contributed by atoms with Gasteiger partial charge in [0, 0.05) is 43.0 Å². The zero-order valence-corrected chi connectivity index (χ0v) is 18.0. The lowest BCUT2D eigenvalue weighted by Crippen LogP contribution is -2.25. The van der Waals surface area contributed by atoms with Crippen LogP contribution in [-0.4, -0.2) is 39.7 Å². The van der Waals surface area contributed by atoms with E-state index < -0.39 is 27.8 Å². The summed E-state index contributed by atoms with van der Waals surface area (Å²) >= 11 is 0. The Hall–Kier alpha value is -3.41. The molecule has 174 valence electrons. The predicted octanol–water partition coefficient (Wildman–Crippen LogP) is 2.80. The third-order valence-corrected chi connectivity index (χ3v) is 5.05. The molecule has 0 saturated carbocycles. The number of aliphatic hydroxyl groups is 1. The number of rotatable bonds is 9. The number of nitrogens with two attached hydrogens (primary N) is 1. The van der Waals surface area contributed by atoms with Gasteiger partial charge in [-0.3, -0.25) is 25.0 Å². The van der Waals surface area contributed by atoms with Crippen molar-refractivity contribution in [3.8, 4) is 0 Å². The molecule has 4 atom stereocenters.